The minimum Gasteiger partial charge on any atom is -0.382 e. The van der Waals surface area contributed by atoms with E-state index in [1.54, 1.807) is 19.0 Å². The zero-order valence-electron chi connectivity index (χ0n) is 12.1. The van der Waals surface area contributed by atoms with E-state index >= 15 is 0 Å². The summed E-state index contributed by atoms with van der Waals surface area (Å²) < 4.78 is 0. The van der Waals surface area contributed by atoms with E-state index in [1.165, 1.54) is 25.7 Å². The number of nitrogens with zero attached hydrogens (tertiary/aromatic N) is 1. The first-order valence-corrected chi connectivity index (χ1v) is 7.18. The van der Waals surface area contributed by atoms with E-state index in [2.05, 4.69) is 12.2 Å². The lowest BCUT2D eigenvalue weighted by molar-refractivity contribution is 0.0827. The summed E-state index contributed by atoms with van der Waals surface area (Å²) in [7, 11) is 3.55. The van der Waals surface area contributed by atoms with E-state index in [-0.39, 0.29) is 5.91 Å². The molecular weight excluding hydrogens is 236 g/mol. The molecule has 0 bridgehead atoms. The van der Waals surface area contributed by atoms with Gasteiger partial charge in [0, 0.05) is 31.4 Å². The summed E-state index contributed by atoms with van der Waals surface area (Å²) in [4.78, 5) is 13.4. The first-order valence-electron chi connectivity index (χ1n) is 7.18. The minimum absolute atomic E-state index is 0.0541. The molecule has 0 saturated heterocycles. The summed E-state index contributed by atoms with van der Waals surface area (Å²) in [6.45, 7) is 2.27. The highest BCUT2D eigenvalue weighted by Crippen LogP contribution is 2.30. The normalized spacial score (nSPS) is 22.3. The van der Waals surface area contributed by atoms with Crippen molar-refractivity contribution in [2.75, 3.05) is 19.4 Å². The summed E-state index contributed by atoms with van der Waals surface area (Å²) in [5.41, 5.74) is 1.87. The van der Waals surface area contributed by atoms with Crippen molar-refractivity contribution in [2.24, 2.45) is 5.92 Å². The Morgan fingerprint density at radius 3 is 2.47 bits per heavy atom. The number of anilines is 1. The molecule has 19 heavy (non-hydrogen) atoms. The Morgan fingerprint density at radius 1 is 1.26 bits per heavy atom. The van der Waals surface area contributed by atoms with E-state index in [0.717, 1.165) is 17.2 Å². The maximum atomic E-state index is 11.8. The average Bonchev–Trinajstić information content (AvgIpc) is 2.86. The van der Waals surface area contributed by atoms with E-state index in [9.17, 15) is 4.79 Å². The molecule has 0 aromatic heterocycles. The number of amides is 1. The van der Waals surface area contributed by atoms with Crippen molar-refractivity contribution in [1.82, 2.24) is 4.90 Å². The molecule has 3 nitrogen and oxygen atoms in total. The van der Waals surface area contributed by atoms with Crippen LogP contribution in [0.5, 0.6) is 0 Å². The zero-order valence-corrected chi connectivity index (χ0v) is 12.1. The van der Waals surface area contributed by atoms with Crippen LogP contribution in [0.1, 0.15) is 43.0 Å². The van der Waals surface area contributed by atoms with Gasteiger partial charge >= 0.3 is 0 Å². The van der Waals surface area contributed by atoms with Gasteiger partial charge in [0.1, 0.15) is 0 Å². The fourth-order valence-electron chi connectivity index (χ4n) is 2.78. The van der Waals surface area contributed by atoms with Crippen molar-refractivity contribution >= 4 is 11.6 Å². The van der Waals surface area contributed by atoms with Gasteiger partial charge in [-0.05, 0) is 49.4 Å². The molecule has 1 N–H and O–H groups in total. The molecule has 104 valence electrons. The number of hydrogen-bond acceptors (Lipinski definition) is 2. The molecule has 0 heterocycles. The molecule has 3 heteroatoms. The Kier molecular flexibility index (Phi) is 4.46. The first kappa shape index (κ1) is 13.9. The second-order valence-electron chi connectivity index (χ2n) is 5.71. The second-order valence-corrected chi connectivity index (χ2v) is 5.71. The highest BCUT2D eigenvalue weighted by molar-refractivity contribution is 5.94. The predicted molar refractivity (Wildman–Crippen MR) is 79.5 cm³/mol. The zero-order chi connectivity index (χ0) is 13.8. The van der Waals surface area contributed by atoms with Gasteiger partial charge in [-0.2, -0.15) is 0 Å². The fraction of sp³-hybridized carbons (Fsp3) is 0.562. The van der Waals surface area contributed by atoms with Crippen LogP contribution >= 0.6 is 0 Å². The fourth-order valence-corrected chi connectivity index (χ4v) is 2.78. The molecule has 1 fully saturated rings. The summed E-state index contributed by atoms with van der Waals surface area (Å²) in [6.07, 6.45) is 5.16. The maximum Gasteiger partial charge on any atom is 0.253 e. The van der Waals surface area contributed by atoms with Crippen molar-refractivity contribution in [3.05, 3.63) is 29.8 Å². The molecule has 0 spiro atoms. The summed E-state index contributed by atoms with van der Waals surface area (Å²) in [6, 6.07) is 8.42. The molecule has 1 saturated carbocycles. The topological polar surface area (TPSA) is 32.3 Å². The van der Waals surface area contributed by atoms with Gasteiger partial charge in [0.05, 0.1) is 0 Å². The first-order chi connectivity index (χ1) is 9.10. The van der Waals surface area contributed by atoms with Crippen molar-refractivity contribution in [2.45, 2.75) is 38.6 Å². The molecule has 2 atom stereocenters. The summed E-state index contributed by atoms with van der Waals surface area (Å²) >= 11 is 0. The number of benzene rings is 1. The predicted octanol–water partition coefficient (Wildman–Crippen LogP) is 3.38. The Hall–Kier alpha value is -1.51. The Labute approximate surface area is 116 Å². The highest BCUT2D eigenvalue weighted by Gasteiger charge is 2.22. The van der Waals surface area contributed by atoms with Crippen LogP contribution in [0.25, 0.3) is 0 Å². The van der Waals surface area contributed by atoms with Gasteiger partial charge < -0.3 is 10.2 Å². The van der Waals surface area contributed by atoms with Crippen LogP contribution in [0.2, 0.25) is 0 Å². The maximum absolute atomic E-state index is 11.8. The van der Waals surface area contributed by atoms with Gasteiger partial charge in [-0.25, -0.2) is 0 Å². The molecule has 1 aliphatic carbocycles. The Bertz CT molecular complexity index is 425. The van der Waals surface area contributed by atoms with E-state index in [0.29, 0.717) is 6.04 Å². The summed E-state index contributed by atoms with van der Waals surface area (Å²) in [5.74, 6) is 0.936. The van der Waals surface area contributed by atoms with Gasteiger partial charge in [-0.3, -0.25) is 4.79 Å². The molecule has 1 aliphatic rings. The van der Waals surface area contributed by atoms with Crippen molar-refractivity contribution in [3.63, 3.8) is 0 Å². The number of carbonyl (C=O) groups excluding carboxylic acids is 1. The van der Waals surface area contributed by atoms with Crippen LogP contribution in [0.4, 0.5) is 5.69 Å². The van der Waals surface area contributed by atoms with E-state index in [4.69, 9.17) is 0 Å². The van der Waals surface area contributed by atoms with E-state index in [1.807, 2.05) is 24.3 Å². The number of rotatable bonds is 4. The lowest BCUT2D eigenvalue weighted by Crippen LogP contribution is -2.21. The lowest BCUT2D eigenvalue weighted by atomic mass is 10.1. The van der Waals surface area contributed by atoms with Crippen LogP contribution in [0.3, 0.4) is 0 Å². The van der Waals surface area contributed by atoms with Crippen LogP contribution in [0, 0.1) is 5.92 Å². The van der Waals surface area contributed by atoms with Crippen LogP contribution in [0.15, 0.2) is 24.3 Å². The number of nitrogens with one attached hydrogen (secondary N) is 1. The molecule has 2 rings (SSSR count). The molecule has 0 aliphatic heterocycles. The number of carbonyl (C=O) groups is 1. The molecule has 1 amide bonds. The second kappa shape index (κ2) is 6.09. The van der Waals surface area contributed by atoms with Gasteiger partial charge in [-0.15, -0.1) is 0 Å². The van der Waals surface area contributed by atoms with E-state index < -0.39 is 0 Å². The van der Waals surface area contributed by atoms with Crippen molar-refractivity contribution in [3.8, 4) is 0 Å². The third kappa shape index (κ3) is 3.49. The van der Waals surface area contributed by atoms with Crippen LogP contribution in [-0.2, 0) is 0 Å². The monoisotopic (exact) mass is 260 g/mol. The molecule has 1 aromatic carbocycles. The van der Waals surface area contributed by atoms with Gasteiger partial charge in [-0.1, -0.05) is 13.3 Å². The van der Waals surface area contributed by atoms with Crippen molar-refractivity contribution in [1.29, 1.82) is 0 Å². The van der Waals surface area contributed by atoms with Crippen LogP contribution in [-0.4, -0.2) is 30.9 Å². The molecule has 0 radical (unpaired) electrons. The van der Waals surface area contributed by atoms with Gasteiger partial charge in [0.15, 0.2) is 0 Å². The highest BCUT2D eigenvalue weighted by atomic mass is 16.2. The number of hydrogen-bond donors (Lipinski definition) is 1. The largest absolute Gasteiger partial charge is 0.382 e. The van der Waals surface area contributed by atoms with Crippen LogP contribution < -0.4 is 5.32 Å². The third-order valence-corrected chi connectivity index (χ3v) is 4.03. The SMILES string of the molecule is CCC1CCC(Nc2ccc(C(=O)N(C)C)cc2)C1. The van der Waals surface area contributed by atoms with Gasteiger partial charge in [0.2, 0.25) is 0 Å². The van der Waals surface area contributed by atoms with Crippen molar-refractivity contribution < 1.29 is 4.79 Å². The Balaban J connectivity index is 1.94. The lowest BCUT2D eigenvalue weighted by Gasteiger charge is -2.15. The Morgan fingerprint density at radius 2 is 1.95 bits per heavy atom. The third-order valence-electron chi connectivity index (χ3n) is 4.03. The molecule has 2 unspecified atom stereocenters. The molecular formula is C16H24N2O. The summed E-state index contributed by atoms with van der Waals surface area (Å²) in [5, 5.41) is 3.58. The minimum atomic E-state index is 0.0541. The quantitative estimate of drug-likeness (QED) is 0.900. The molecule has 1 aromatic rings. The smallest absolute Gasteiger partial charge is 0.253 e. The average molecular weight is 260 g/mol. The van der Waals surface area contributed by atoms with Gasteiger partial charge in [0.25, 0.3) is 5.91 Å². The standard InChI is InChI=1S/C16H24N2O/c1-4-12-5-8-15(11-12)17-14-9-6-13(7-10-14)16(19)18(2)3/h6-7,9-10,12,15,17H,4-5,8,11H2,1-3H3.